The quantitative estimate of drug-likeness (QED) is 0.753. The number of hydrogen-bond donors (Lipinski definition) is 2. The van der Waals surface area contributed by atoms with E-state index in [4.69, 9.17) is 11.6 Å². The minimum atomic E-state index is -3.93. The number of carbonyl (C=O) groups is 1. The summed E-state index contributed by atoms with van der Waals surface area (Å²) in [5.74, 6) is -0.363. The largest absolute Gasteiger partial charge is 0.301 e. The number of sulfonamides is 1. The van der Waals surface area contributed by atoms with Crippen LogP contribution in [0, 0.1) is 0 Å². The number of hydrogen-bond acceptors (Lipinski definition) is 6. The highest BCUT2D eigenvalue weighted by molar-refractivity contribution is 9.10. The zero-order valence-corrected chi connectivity index (χ0v) is 14.4. The lowest BCUT2D eigenvalue weighted by Gasteiger charge is -2.07. The summed E-state index contributed by atoms with van der Waals surface area (Å²) in [6.45, 7) is 1.29. The Morgan fingerprint density at radius 2 is 2.10 bits per heavy atom. The Kier molecular flexibility index (Phi) is 4.81. The molecule has 7 nitrogen and oxygen atoms in total. The van der Waals surface area contributed by atoms with E-state index in [0.29, 0.717) is 4.47 Å². The monoisotopic (exact) mass is 410 g/mol. The van der Waals surface area contributed by atoms with Crippen molar-refractivity contribution in [2.45, 2.75) is 11.3 Å². The molecule has 0 saturated heterocycles. The molecule has 0 saturated carbocycles. The van der Waals surface area contributed by atoms with Crippen LogP contribution >= 0.6 is 38.9 Å². The maximum atomic E-state index is 12.2. The molecule has 0 bridgehead atoms. The van der Waals surface area contributed by atoms with E-state index in [0.717, 1.165) is 11.3 Å². The van der Waals surface area contributed by atoms with E-state index < -0.39 is 10.0 Å². The zero-order valence-electron chi connectivity index (χ0n) is 10.4. The van der Waals surface area contributed by atoms with Crippen molar-refractivity contribution < 1.29 is 13.2 Å². The summed E-state index contributed by atoms with van der Waals surface area (Å²) < 4.78 is 27.1. The summed E-state index contributed by atoms with van der Waals surface area (Å²) >= 11 is 9.89. The SMILES string of the molecule is CC(=O)Nc1nnc(S(=O)(=O)Nc2cc(Br)ccc2Cl)s1. The summed E-state index contributed by atoms with van der Waals surface area (Å²) in [4.78, 5) is 10.9. The van der Waals surface area contributed by atoms with Gasteiger partial charge >= 0.3 is 0 Å². The van der Waals surface area contributed by atoms with Gasteiger partial charge < -0.3 is 5.32 Å². The molecule has 0 fully saturated rings. The lowest BCUT2D eigenvalue weighted by atomic mass is 10.3. The summed E-state index contributed by atoms with van der Waals surface area (Å²) in [5, 5.41) is 9.82. The Balaban J connectivity index is 2.28. The molecule has 0 aliphatic carbocycles. The zero-order chi connectivity index (χ0) is 15.6. The standard InChI is InChI=1S/C10H8BrClN4O3S2/c1-5(17)13-9-14-15-10(20-9)21(18,19)16-8-4-6(11)2-3-7(8)12/h2-4,16H,1H3,(H,13,14,17). The van der Waals surface area contributed by atoms with Crippen molar-refractivity contribution in [3.8, 4) is 0 Å². The molecule has 2 aromatic rings. The second-order valence-corrected chi connectivity index (χ2v) is 7.94. The van der Waals surface area contributed by atoms with Gasteiger partial charge in [0.2, 0.25) is 11.0 Å². The number of amides is 1. The first-order valence-corrected chi connectivity index (χ1v) is 8.84. The fourth-order valence-electron chi connectivity index (χ4n) is 1.28. The second-order valence-electron chi connectivity index (χ2n) is 3.78. The maximum absolute atomic E-state index is 12.2. The maximum Gasteiger partial charge on any atom is 0.291 e. The number of halogens is 2. The molecule has 1 heterocycles. The summed E-state index contributed by atoms with van der Waals surface area (Å²) in [6.07, 6.45) is 0. The molecule has 21 heavy (non-hydrogen) atoms. The number of rotatable bonds is 4. The van der Waals surface area contributed by atoms with Crippen LogP contribution in [-0.2, 0) is 14.8 Å². The number of anilines is 2. The smallest absolute Gasteiger partial charge is 0.291 e. The van der Waals surface area contributed by atoms with Gasteiger partial charge in [-0.05, 0) is 18.2 Å². The van der Waals surface area contributed by atoms with Gasteiger partial charge in [0.25, 0.3) is 14.4 Å². The Bertz CT molecular complexity index is 793. The number of nitrogens with one attached hydrogen (secondary N) is 2. The Morgan fingerprint density at radius 1 is 1.38 bits per heavy atom. The third-order valence-corrected chi connectivity index (χ3v) is 5.49. The summed E-state index contributed by atoms with van der Waals surface area (Å²) in [5.41, 5.74) is 0.210. The van der Waals surface area contributed by atoms with Crippen molar-refractivity contribution in [2.75, 3.05) is 10.0 Å². The van der Waals surface area contributed by atoms with Gasteiger partial charge in [0, 0.05) is 11.4 Å². The van der Waals surface area contributed by atoms with Gasteiger partial charge in [-0.2, -0.15) is 8.42 Å². The first-order valence-electron chi connectivity index (χ1n) is 5.37. The van der Waals surface area contributed by atoms with E-state index >= 15 is 0 Å². The number of aromatic nitrogens is 2. The first-order chi connectivity index (χ1) is 9.78. The van der Waals surface area contributed by atoms with Crippen LogP contribution in [0.1, 0.15) is 6.92 Å². The molecule has 1 aromatic heterocycles. The molecule has 112 valence electrons. The van der Waals surface area contributed by atoms with E-state index in [2.05, 4.69) is 36.2 Å². The molecule has 0 aliphatic heterocycles. The van der Waals surface area contributed by atoms with E-state index in [-0.39, 0.29) is 26.1 Å². The molecular formula is C10H8BrClN4O3S2. The number of nitrogens with zero attached hydrogens (tertiary/aromatic N) is 2. The third-order valence-electron chi connectivity index (χ3n) is 2.09. The predicted molar refractivity (Wildman–Crippen MR) is 84.2 cm³/mol. The second kappa shape index (κ2) is 6.26. The Labute approximate surface area is 137 Å². The van der Waals surface area contributed by atoms with Crippen LogP contribution < -0.4 is 10.0 Å². The van der Waals surface area contributed by atoms with Crippen LogP contribution in [-0.4, -0.2) is 24.5 Å². The summed E-state index contributed by atoms with van der Waals surface area (Å²) in [6, 6.07) is 4.75. The minimum Gasteiger partial charge on any atom is -0.301 e. The van der Waals surface area contributed by atoms with E-state index in [1.807, 2.05) is 0 Å². The fourth-order valence-corrected chi connectivity index (χ4v) is 3.88. The molecule has 0 unspecified atom stereocenters. The highest BCUT2D eigenvalue weighted by atomic mass is 79.9. The van der Waals surface area contributed by atoms with Crippen molar-refractivity contribution in [3.63, 3.8) is 0 Å². The molecule has 1 aromatic carbocycles. The van der Waals surface area contributed by atoms with Crippen molar-refractivity contribution in [1.82, 2.24) is 10.2 Å². The van der Waals surface area contributed by atoms with Gasteiger partial charge in [-0.3, -0.25) is 9.52 Å². The molecule has 0 aliphatic rings. The minimum absolute atomic E-state index is 0.100. The molecule has 0 atom stereocenters. The molecule has 1 amide bonds. The van der Waals surface area contributed by atoms with Crippen molar-refractivity contribution in [2.24, 2.45) is 0 Å². The van der Waals surface area contributed by atoms with Crippen molar-refractivity contribution in [3.05, 3.63) is 27.7 Å². The van der Waals surface area contributed by atoms with Gasteiger partial charge in [-0.15, -0.1) is 10.2 Å². The van der Waals surface area contributed by atoms with Crippen LogP contribution in [0.4, 0.5) is 10.8 Å². The van der Waals surface area contributed by atoms with Crippen molar-refractivity contribution >= 4 is 65.6 Å². The van der Waals surface area contributed by atoms with Crippen molar-refractivity contribution in [1.29, 1.82) is 0 Å². The molecule has 0 radical (unpaired) electrons. The average molecular weight is 412 g/mol. The average Bonchev–Trinajstić information content (AvgIpc) is 2.82. The molecule has 2 N–H and O–H groups in total. The van der Waals surface area contributed by atoms with E-state index in [1.165, 1.54) is 13.0 Å². The molecular weight excluding hydrogens is 404 g/mol. The lowest BCUT2D eigenvalue weighted by Crippen LogP contribution is -2.13. The summed E-state index contributed by atoms with van der Waals surface area (Å²) in [7, 11) is -3.93. The third kappa shape index (κ3) is 4.13. The van der Waals surface area contributed by atoms with Gasteiger partial charge in [0.15, 0.2) is 0 Å². The molecule has 11 heteroatoms. The van der Waals surface area contributed by atoms with Crippen LogP contribution in [0.5, 0.6) is 0 Å². The van der Waals surface area contributed by atoms with E-state index in [9.17, 15) is 13.2 Å². The fraction of sp³-hybridized carbons (Fsp3) is 0.100. The topological polar surface area (TPSA) is 101 Å². The van der Waals surface area contributed by atoms with Gasteiger partial charge in [0.05, 0.1) is 10.7 Å². The van der Waals surface area contributed by atoms with Crippen LogP contribution in [0.3, 0.4) is 0 Å². The molecule has 0 spiro atoms. The normalized spacial score (nSPS) is 11.2. The molecule has 2 rings (SSSR count). The number of benzene rings is 1. The van der Waals surface area contributed by atoms with Gasteiger partial charge in [-0.25, -0.2) is 0 Å². The highest BCUT2D eigenvalue weighted by Crippen LogP contribution is 2.29. The predicted octanol–water partition coefficient (Wildman–Crippen LogP) is 2.71. The van der Waals surface area contributed by atoms with Gasteiger partial charge in [-0.1, -0.05) is 38.9 Å². The Hall–Kier alpha value is -1.23. The Morgan fingerprint density at radius 3 is 2.76 bits per heavy atom. The van der Waals surface area contributed by atoms with Crippen LogP contribution in [0.2, 0.25) is 5.02 Å². The van der Waals surface area contributed by atoms with Crippen LogP contribution in [0.25, 0.3) is 0 Å². The highest BCUT2D eigenvalue weighted by Gasteiger charge is 2.21. The van der Waals surface area contributed by atoms with Crippen LogP contribution in [0.15, 0.2) is 27.0 Å². The number of carbonyl (C=O) groups excluding carboxylic acids is 1. The van der Waals surface area contributed by atoms with Gasteiger partial charge in [0.1, 0.15) is 0 Å². The van der Waals surface area contributed by atoms with E-state index in [1.54, 1.807) is 12.1 Å². The lowest BCUT2D eigenvalue weighted by molar-refractivity contribution is -0.114. The first kappa shape index (κ1) is 16.1.